The van der Waals surface area contributed by atoms with E-state index in [0.717, 1.165) is 19.4 Å². The van der Waals surface area contributed by atoms with Crippen LogP contribution in [0.15, 0.2) is 0 Å². The van der Waals surface area contributed by atoms with Crippen LogP contribution in [0.4, 0.5) is 0 Å². The average molecular weight is 229 g/mol. The highest BCUT2D eigenvalue weighted by molar-refractivity contribution is 5.81. The molecule has 0 aliphatic carbocycles. The molecule has 1 amide bonds. The van der Waals surface area contributed by atoms with Crippen LogP contribution in [0.5, 0.6) is 0 Å². The minimum atomic E-state index is -0.303. The smallest absolute Gasteiger partial charge is 0.251 e. The molecular weight excluding hydrogens is 206 g/mol. The standard InChI is InChI=1S/C12H23NO3/c1-3-11(16-4-2)12(15)13-7-5-6-10(8-13)9-14/h10-11,14H,3-9H2,1-2H3. The van der Waals surface area contributed by atoms with Crippen LogP contribution in [-0.4, -0.2) is 48.3 Å². The number of hydrogen-bond acceptors (Lipinski definition) is 3. The van der Waals surface area contributed by atoms with Crippen molar-refractivity contribution < 1.29 is 14.6 Å². The van der Waals surface area contributed by atoms with Crippen LogP contribution in [0.2, 0.25) is 0 Å². The van der Waals surface area contributed by atoms with E-state index in [1.54, 1.807) is 0 Å². The van der Waals surface area contributed by atoms with Gasteiger partial charge in [-0.15, -0.1) is 0 Å². The Morgan fingerprint density at radius 1 is 1.56 bits per heavy atom. The molecule has 4 heteroatoms. The van der Waals surface area contributed by atoms with Gasteiger partial charge in [-0.05, 0) is 32.1 Å². The minimum Gasteiger partial charge on any atom is -0.396 e. The van der Waals surface area contributed by atoms with E-state index >= 15 is 0 Å². The Balaban J connectivity index is 2.51. The van der Waals surface area contributed by atoms with Gasteiger partial charge in [0.05, 0.1) is 0 Å². The van der Waals surface area contributed by atoms with Crippen molar-refractivity contribution >= 4 is 5.91 Å². The van der Waals surface area contributed by atoms with E-state index in [4.69, 9.17) is 9.84 Å². The number of carbonyl (C=O) groups is 1. The summed E-state index contributed by atoms with van der Waals surface area (Å²) in [5.41, 5.74) is 0. The van der Waals surface area contributed by atoms with Crippen molar-refractivity contribution in [1.82, 2.24) is 4.90 Å². The zero-order valence-electron chi connectivity index (χ0n) is 10.3. The maximum Gasteiger partial charge on any atom is 0.251 e. The fourth-order valence-electron chi connectivity index (χ4n) is 2.18. The number of carbonyl (C=O) groups excluding carboxylic acids is 1. The van der Waals surface area contributed by atoms with E-state index in [0.29, 0.717) is 19.6 Å². The predicted octanol–water partition coefficient (Wildman–Crippen LogP) is 1.03. The Bertz CT molecular complexity index is 220. The summed E-state index contributed by atoms with van der Waals surface area (Å²) in [7, 11) is 0. The van der Waals surface area contributed by atoms with E-state index in [1.165, 1.54) is 0 Å². The lowest BCUT2D eigenvalue weighted by Gasteiger charge is -2.33. The Labute approximate surface area is 97.6 Å². The van der Waals surface area contributed by atoms with E-state index in [2.05, 4.69) is 0 Å². The van der Waals surface area contributed by atoms with Gasteiger partial charge >= 0.3 is 0 Å². The molecule has 1 N–H and O–H groups in total. The third kappa shape index (κ3) is 3.46. The van der Waals surface area contributed by atoms with Crippen molar-refractivity contribution in [2.45, 2.75) is 39.2 Å². The number of rotatable bonds is 5. The molecule has 1 aliphatic heterocycles. The second kappa shape index (κ2) is 6.86. The molecule has 94 valence electrons. The number of hydrogen-bond donors (Lipinski definition) is 1. The molecule has 1 fully saturated rings. The lowest BCUT2D eigenvalue weighted by molar-refractivity contribution is -0.145. The van der Waals surface area contributed by atoms with Gasteiger partial charge in [0.1, 0.15) is 6.10 Å². The Morgan fingerprint density at radius 2 is 2.31 bits per heavy atom. The van der Waals surface area contributed by atoms with Gasteiger partial charge in [-0.3, -0.25) is 4.79 Å². The largest absolute Gasteiger partial charge is 0.396 e. The molecule has 0 spiro atoms. The Hall–Kier alpha value is -0.610. The first kappa shape index (κ1) is 13.5. The summed E-state index contributed by atoms with van der Waals surface area (Å²) >= 11 is 0. The van der Waals surface area contributed by atoms with Gasteiger partial charge in [-0.1, -0.05) is 6.92 Å². The molecule has 2 atom stereocenters. The lowest BCUT2D eigenvalue weighted by atomic mass is 9.98. The molecule has 0 aromatic rings. The number of nitrogens with zero attached hydrogens (tertiary/aromatic N) is 1. The van der Waals surface area contributed by atoms with Gasteiger partial charge in [-0.25, -0.2) is 0 Å². The molecule has 0 radical (unpaired) electrons. The summed E-state index contributed by atoms with van der Waals surface area (Å²) in [5, 5.41) is 9.12. The van der Waals surface area contributed by atoms with Crippen LogP contribution in [0, 0.1) is 5.92 Å². The van der Waals surface area contributed by atoms with Crippen LogP contribution >= 0.6 is 0 Å². The van der Waals surface area contributed by atoms with Gasteiger partial charge in [0.25, 0.3) is 5.91 Å². The van der Waals surface area contributed by atoms with Gasteiger partial charge < -0.3 is 14.7 Å². The van der Waals surface area contributed by atoms with Gasteiger partial charge in [0.15, 0.2) is 0 Å². The SMILES string of the molecule is CCOC(CC)C(=O)N1CCCC(CO)C1. The Morgan fingerprint density at radius 3 is 2.88 bits per heavy atom. The molecule has 0 bridgehead atoms. The summed E-state index contributed by atoms with van der Waals surface area (Å²) in [4.78, 5) is 13.9. The fraction of sp³-hybridized carbons (Fsp3) is 0.917. The number of aliphatic hydroxyl groups excluding tert-OH is 1. The van der Waals surface area contributed by atoms with E-state index in [-0.39, 0.29) is 24.5 Å². The number of ether oxygens (including phenoxy) is 1. The summed E-state index contributed by atoms with van der Waals surface area (Å²) < 4.78 is 5.42. The van der Waals surface area contributed by atoms with Crippen molar-refractivity contribution in [2.24, 2.45) is 5.92 Å². The second-order valence-electron chi connectivity index (χ2n) is 4.33. The topological polar surface area (TPSA) is 49.8 Å². The summed E-state index contributed by atoms with van der Waals surface area (Å²) in [6.07, 6.45) is 2.42. The molecule has 16 heavy (non-hydrogen) atoms. The normalized spacial score (nSPS) is 23.2. The molecule has 1 aliphatic rings. The first-order chi connectivity index (χ1) is 7.72. The zero-order chi connectivity index (χ0) is 12.0. The second-order valence-corrected chi connectivity index (χ2v) is 4.33. The Kier molecular flexibility index (Phi) is 5.77. The maximum atomic E-state index is 12.1. The highest BCUT2D eigenvalue weighted by Crippen LogP contribution is 2.17. The molecule has 1 heterocycles. The molecule has 1 rings (SSSR count). The molecular formula is C12H23NO3. The van der Waals surface area contributed by atoms with Crippen molar-refractivity contribution in [3.05, 3.63) is 0 Å². The van der Waals surface area contributed by atoms with E-state index < -0.39 is 0 Å². The molecule has 0 saturated carbocycles. The van der Waals surface area contributed by atoms with Crippen LogP contribution in [-0.2, 0) is 9.53 Å². The molecule has 4 nitrogen and oxygen atoms in total. The maximum absolute atomic E-state index is 12.1. The van der Waals surface area contributed by atoms with Crippen LogP contribution in [0.1, 0.15) is 33.1 Å². The van der Waals surface area contributed by atoms with Crippen LogP contribution in [0.3, 0.4) is 0 Å². The van der Waals surface area contributed by atoms with Crippen molar-refractivity contribution in [2.75, 3.05) is 26.3 Å². The quantitative estimate of drug-likeness (QED) is 0.766. The highest BCUT2D eigenvalue weighted by Gasteiger charge is 2.27. The van der Waals surface area contributed by atoms with Crippen molar-refractivity contribution in [1.29, 1.82) is 0 Å². The monoisotopic (exact) mass is 229 g/mol. The van der Waals surface area contributed by atoms with Crippen molar-refractivity contribution in [3.8, 4) is 0 Å². The van der Waals surface area contributed by atoms with Gasteiger partial charge in [0, 0.05) is 26.3 Å². The van der Waals surface area contributed by atoms with E-state index in [1.807, 2.05) is 18.7 Å². The molecule has 0 aromatic carbocycles. The van der Waals surface area contributed by atoms with Crippen LogP contribution in [0.25, 0.3) is 0 Å². The summed E-state index contributed by atoms with van der Waals surface area (Å²) in [6, 6.07) is 0. The highest BCUT2D eigenvalue weighted by atomic mass is 16.5. The zero-order valence-corrected chi connectivity index (χ0v) is 10.3. The summed E-state index contributed by atoms with van der Waals surface area (Å²) in [5.74, 6) is 0.333. The number of likely N-dealkylation sites (tertiary alicyclic amines) is 1. The third-order valence-electron chi connectivity index (χ3n) is 3.10. The fourth-order valence-corrected chi connectivity index (χ4v) is 2.18. The lowest BCUT2D eigenvalue weighted by Crippen LogP contribution is -2.46. The minimum absolute atomic E-state index is 0.0856. The number of amides is 1. The first-order valence-electron chi connectivity index (χ1n) is 6.24. The van der Waals surface area contributed by atoms with Gasteiger partial charge in [0.2, 0.25) is 0 Å². The average Bonchev–Trinajstić information content (AvgIpc) is 2.35. The van der Waals surface area contributed by atoms with E-state index in [9.17, 15) is 4.79 Å². The summed E-state index contributed by atoms with van der Waals surface area (Å²) in [6.45, 7) is 6.10. The van der Waals surface area contributed by atoms with Crippen LogP contribution < -0.4 is 0 Å². The van der Waals surface area contributed by atoms with Crippen molar-refractivity contribution in [3.63, 3.8) is 0 Å². The molecule has 0 aromatic heterocycles. The predicted molar refractivity (Wildman–Crippen MR) is 62.1 cm³/mol. The first-order valence-corrected chi connectivity index (χ1v) is 6.24. The van der Waals surface area contributed by atoms with Gasteiger partial charge in [-0.2, -0.15) is 0 Å². The number of aliphatic hydroxyl groups is 1. The molecule has 2 unspecified atom stereocenters. The molecule has 1 saturated heterocycles. The number of piperidine rings is 1. The third-order valence-corrected chi connectivity index (χ3v) is 3.10.